The highest BCUT2D eigenvalue weighted by atomic mass is 19.1. The molecule has 1 fully saturated rings. The van der Waals surface area contributed by atoms with Crippen molar-refractivity contribution in [3.8, 4) is 0 Å². The Labute approximate surface area is 177 Å². The minimum Gasteiger partial charge on any atom is -0.494 e. The molecule has 1 unspecified atom stereocenters. The molecule has 3 atom stereocenters. The Kier molecular flexibility index (Phi) is 6.36. The molecular weight excluding hydrogens is 388 g/mol. The largest absolute Gasteiger partial charge is 0.494 e. The van der Waals surface area contributed by atoms with Crippen molar-refractivity contribution in [3.63, 3.8) is 0 Å². The number of allylic oxidation sites excluding steroid dienone is 2. The quantitative estimate of drug-likeness (QED) is 0.434. The minimum atomic E-state index is -0.782. The summed E-state index contributed by atoms with van der Waals surface area (Å²) in [7, 11) is 3.35. The number of anilines is 1. The number of fused-ring (bicyclic) bond motifs is 1. The van der Waals surface area contributed by atoms with E-state index in [1.54, 1.807) is 25.1 Å². The third-order valence-corrected chi connectivity index (χ3v) is 5.91. The Balaban J connectivity index is 1.88. The molecule has 1 aromatic rings. The normalized spacial score (nSPS) is 23.8. The van der Waals surface area contributed by atoms with Gasteiger partial charge in [0, 0.05) is 26.1 Å². The van der Waals surface area contributed by atoms with Crippen LogP contribution in [0.5, 0.6) is 0 Å². The molecular formula is C24H29F2NO3. The monoisotopic (exact) mass is 417 g/mol. The van der Waals surface area contributed by atoms with E-state index in [2.05, 4.69) is 19.7 Å². The first kappa shape index (κ1) is 22.1. The number of ether oxygens (including phenoxy) is 3. The average Bonchev–Trinajstić information content (AvgIpc) is 3.11. The molecule has 0 saturated carbocycles. The highest BCUT2D eigenvalue weighted by Crippen LogP contribution is 2.49. The van der Waals surface area contributed by atoms with Crippen molar-refractivity contribution in [2.75, 3.05) is 32.4 Å². The first-order valence-electron chi connectivity index (χ1n) is 9.95. The maximum Gasteiger partial charge on any atom is 0.189 e. The third-order valence-electron chi connectivity index (χ3n) is 5.91. The summed E-state index contributed by atoms with van der Waals surface area (Å²) >= 11 is 0. The van der Waals surface area contributed by atoms with Crippen molar-refractivity contribution in [2.45, 2.75) is 25.4 Å². The molecule has 162 valence electrons. The van der Waals surface area contributed by atoms with E-state index in [1.165, 1.54) is 12.1 Å². The molecule has 3 rings (SSSR count). The molecule has 30 heavy (non-hydrogen) atoms. The van der Waals surface area contributed by atoms with Crippen LogP contribution in [0.4, 0.5) is 14.5 Å². The molecule has 0 bridgehead atoms. The van der Waals surface area contributed by atoms with E-state index in [1.807, 2.05) is 13.0 Å². The molecule has 0 radical (unpaired) electrons. The Bertz CT molecular complexity index is 893. The van der Waals surface area contributed by atoms with Gasteiger partial charge in [0.1, 0.15) is 29.6 Å². The van der Waals surface area contributed by atoms with E-state index in [-0.39, 0.29) is 30.7 Å². The van der Waals surface area contributed by atoms with E-state index in [4.69, 9.17) is 14.2 Å². The SMILES string of the molecule is C=CCOC(=C)[C@@H]1C[C@]2(C(C)Cc3cc(F)c(N(C)C)cc3F)OCOC2=CC1=C. The van der Waals surface area contributed by atoms with Gasteiger partial charge in [-0.15, -0.1) is 0 Å². The smallest absolute Gasteiger partial charge is 0.189 e. The van der Waals surface area contributed by atoms with Gasteiger partial charge in [-0.1, -0.05) is 32.7 Å². The zero-order valence-electron chi connectivity index (χ0n) is 17.8. The lowest BCUT2D eigenvalue weighted by Crippen LogP contribution is -2.43. The van der Waals surface area contributed by atoms with E-state index in [0.717, 1.165) is 5.57 Å². The predicted molar refractivity (Wildman–Crippen MR) is 114 cm³/mol. The number of hydrogen-bond donors (Lipinski definition) is 0. The number of nitrogens with zero attached hydrogens (tertiary/aromatic N) is 1. The second-order valence-electron chi connectivity index (χ2n) is 8.10. The summed E-state index contributed by atoms with van der Waals surface area (Å²) in [4.78, 5) is 1.55. The Hall–Kier alpha value is -2.60. The van der Waals surface area contributed by atoms with Gasteiger partial charge in [0.05, 0.1) is 11.4 Å². The molecule has 1 saturated heterocycles. The molecule has 0 spiro atoms. The standard InChI is InChI=1S/C24H29F2NO3/c1-7-8-28-17(4)19-13-24(23(9-15(19)2)29-14-30-24)16(3)10-18-11-21(26)22(27(5)6)12-20(18)25/h7,9,11-12,16,19H,1-2,4,8,10,13-14H2,3,5-6H3/t16?,19-,24-/m1/s1. The van der Waals surface area contributed by atoms with Crippen molar-refractivity contribution < 1.29 is 23.0 Å². The molecule has 4 nitrogen and oxygen atoms in total. The molecule has 0 N–H and O–H groups in total. The lowest BCUT2D eigenvalue weighted by molar-refractivity contribution is -0.0507. The minimum absolute atomic E-state index is 0.104. The molecule has 1 heterocycles. The van der Waals surface area contributed by atoms with Crippen LogP contribution in [0.1, 0.15) is 18.9 Å². The van der Waals surface area contributed by atoms with Crippen molar-refractivity contribution in [3.05, 3.63) is 78.3 Å². The van der Waals surface area contributed by atoms with Gasteiger partial charge in [0.15, 0.2) is 6.79 Å². The molecule has 0 amide bonds. The number of rotatable bonds is 8. The Morgan fingerprint density at radius 1 is 1.37 bits per heavy atom. The van der Waals surface area contributed by atoms with Crippen LogP contribution in [0.25, 0.3) is 0 Å². The summed E-state index contributed by atoms with van der Waals surface area (Å²) < 4.78 is 46.6. The average molecular weight is 417 g/mol. The molecule has 6 heteroatoms. The number of halogens is 2. The van der Waals surface area contributed by atoms with Gasteiger partial charge >= 0.3 is 0 Å². The van der Waals surface area contributed by atoms with Crippen LogP contribution < -0.4 is 4.90 Å². The molecule has 1 aromatic carbocycles. The van der Waals surface area contributed by atoms with E-state index in [0.29, 0.717) is 30.1 Å². The van der Waals surface area contributed by atoms with E-state index < -0.39 is 17.2 Å². The number of benzene rings is 1. The highest BCUT2D eigenvalue weighted by molar-refractivity contribution is 5.48. The first-order valence-corrected chi connectivity index (χ1v) is 9.95. The maximum atomic E-state index is 14.7. The lowest BCUT2D eigenvalue weighted by atomic mass is 9.71. The maximum absolute atomic E-state index is 14.7. The van der Waals surface area contributed by atoms with Crippen LogP contribution in [-0.2, 0) is 20.6 Å². The van der Waals surface area contributed by atoms with Gasteiger partial charge in [-0.2, -0.15) is 0 Å². The summed E-state index contributed by atoms with van der Waals surface area (Å²) in [6.07, 6.45) is 4.30. The van der Waals surface area contributed by atoms with Gasteiger partial charge in [0.25, 0.3) is 0 Å². The predicted octanol–water partition coefficient (Wildman–Crippen LogP) is 5.13. The summed E-state index contributed by atoms with van der Waals surface area (Å²) in [5.74, 6) is -0.0167. The summed E-state index contributed by atoms with van der Waals surface area (Å²) in [6, 6.07) is 2.50. The van der Waals surface area contributed by atoms with Crippen LogP contribution >= 0.6 is 0 Å². The van der Waals surface area contributed by atoms with Gasteiger partial charge < -0.3 is 19.1 Å². The van der Waals surface area contributed by atoms with Gasteiger partial charge in [-0.25, -0.2) is 8.78 Å². The van der Waals surface area contributed by atoms with Crippen LogP contribution in [0, 0.1) is 23.5 Å². The van der Waals surface area contributed by atoms with Crippen LogP contribution in [0.3, 0.4) is 0 Å². The van der Waals surface area contributed by atoms with Crippen molar-refractivity contribution in [2.24, 2.45) is 11.8 Å². The molecule has 2 aliphatic rings. The van der Waals surface area contributed by atoms with Crippen LogP contribution in [-0.4, -0.2) is 33.1 Å². The Morgan fingerprint density at radius 2 is 2.10 bits per heavy atom. The van der Waals surface area contributed by atoms with Crippen molar-refractivity contribution >= 4 is 5.69 Å². The number of hydrogen-bond acceptors (Lipinski definition) is 4. The summed E-state index contributed by atoms with van der Waals surface area (Å²) in [6.45, 7) is 14.2. The van der Waals surface area contributed by atoms with E-state index >= 15 is 0 Å². The molecule has 0 aromatic heterocycles. The molecule has 1 aliphatic heterocycles. The zero-order chi connectivity index (χ0) is 22.1. The fourth-order valence-electron chi connectivity index (χ4n) is 4.16. The van der Waals surface area contributed by atoms with Crippen molar-refractivity contribution in [1.29, 1.82) is 0 Å². The summed E-state index contributed by atoms with van der Waals surface area (Å²) in [5.41, 5.74) is 0.556. The Morgan fingerprint density at radius 3 is 2.77 bits per heavy atom. The first-order chi connectivity index (χ1) is 14.2. The highest BCUT2D eigenvalue weighted by Gasteiger charge is 2.51. The van der Waals surface area contributed by atoms with Crippen LogP contribution in [0.2, 0.25) is 0 Å². The second kappa shape index (κ2) is 8.64. The van der Waals surface area contributed by atoms with Crippen molar-refractivity contribution in [1.82, 2.24) is 0 Å². The molecule has 1 aliphatic carbocycles. The third kappa shape index (κ3) is 4.01. The lowest BCUT2D eigenvalue weighted by Gasteiger charge is -2.40. The van der Waals surface area contributed by atoms with Crippen LogP contribution in [0.15, 0.2) is 61.1 Å². The summed E-state index contributed by atoms with van der Waals surface area (Å²) in [5, 5.41) is 0. The topological polar surface area (TPSA) is 30.9 Å². The van der Waals surface area contributed by atoms with E-state index in [9.17, 15) is 8.78 Å². The fourth-order valence-corrected chi connectivity index (χ4v) is 4.16. The second-order valence-corrected chi connectivity index (χ2v) is 8.10. The zero-order valence-corrected chi connectivity index (χ0v) is 17.8. The van der Waals surface area contributed by atoms with Gasteiger partial charge in [-0.05, 0) is 42.0 Å². The van der Waals surface area contributed by atoms with Gasteiger partial charge in [0.2, 0.25) is 0 Å². The fraction of sp³-hybridized carbons (Fsp3) is 0.417. The van der Waals surface area contributed by atoms with Gasteiger partial charge in [-0.3, -0.25) is 0 Å².